The molecule has 1 saturated heterocycles. The number of furan rings is 1. The Kier molecular flexibility index (Phi) is 6.89. The fraction of sp³-hybridized carbons (Fsp3) is 0.450. The highest BCUT2D eigenvalue weighted by molar-refractivity contribution is 7.80. The average molecular weight is 358 g/mol. The van der Waals surface area contributed by atoms with Gasteiger partial charge in [-0.2, -0.15) is 0 Å². The SMILES string of the molecule is S=C(NCCc1ccccc1)NC[C@@H](c1ccco1)N1CCCCC1. The zero-order valence-electron chi connectivity index (χ0n) is 14.6. The smallest absolute Gasteiger partial charge is 0.166 e. The third kappa shape index (κ3) is 5.58. The number of hydrogen-bond donors (Lipinski definition) is 2. The van der Waals surface area contributed by atoms with Crippen LogP contribution >= 0.6 is 12.2 Å². The van der Waals surface area contributed by atoms with Gasteiger partial charge in [0.1, 0.15) is 5.76 Å². The maximum absolute atomic E-state index is 5.67. The lowest BCUT2D eigenvalue weighted by molar-refractivity contribution is 0.146. The van der Waals surface area contributed by atoms with Crippen molar-refractivity contribution in [3.63, 3.8) is 0 Å². The van der Waals surface area contributed by atoms with E-state index in [2.05, 4.69) is 45.9 Å². The van der Waals surface area contributed by atoms with Crippen molar-refractivity contribution in [2.75, 3.05) is 26.2 Å². The molecule has 134 valence electrons. The third-order valence-electron chi connectivity index (χ3n) is 4.70. The van der Waals surface area contributed by atoms with Crippen molar-refractivity contribution in [1.82, 2.24) is 15.5 Å². The Morgan fingerprint density at radius 2 is 1.84 bits per heavy atom. The molecule has 1 fully saturated rings. The second kappa shape index (κ2) is 9.59. The zero-order valence-corrected chi connectivity index (χ0v) is 15.4. The van der Waals surface area contributed by atoms with Crippen LogP contribution in [0.15, 0.2) is 53.1 Å². The second-order valence-electron chi connectivity index (χ2n) is 6.50. The van der Waals surface area contributed by atoms with Crippen molar-refractivity contribution < 1.29 is 4.42 Å². The van der Waals surface area contributed by atoms with E-state index in [0.717, 1.165) is 38.4 Å². The number of thiocarbonyl (C=S) groups is 1. The molecule has 1 aliphatic heterocycles. The molecule has 0 saturated carbocycles. The summed E-state index contributed by atoms with van der Waals surface area (Å²) in [6.45, 7) is 3.86. The first-order valence-electron chi connectivity index (χ1n) is 9.16. The van der Waals surface area contributed by atoms with Gasteiger partial charge in [0.2, 0.25) is 0 Å². The maximum Gasteiger partial charge on any atom is 0.166 e. The van der Waals surface area contributed by atoms with Crippen molar-refractivity contribution in [2.45, 2.75) is 31.7 Å². The molecule has 1 atom stereocenters. The fourth-order valence-corrected chi connectivity index (χ4v) is 3.52. The summed E-state index contributed by atoms with van der Waals surface area (Å²) in [5, 5.41) is 7.39. The van der Waals surface area contributed by atoms with E-state index in [4.69, 9.17) is 16.6 Å². The number of hydrogen-bond acceptors (Lipinski definition) is 3. The van der Waals surface area contributed by atoms with E-state index in [-0.39, 0.29) is 6.04 Å². The van der Waals surface area contributed by atoms with Gasteiger partial charge in [-0.25, -0.2) is 0 Å². The number of benzene rings is 1. The van der Waals surface area contributed by atoms with E-state index in [1.807, 2.05) is 12.1 Å². The molecule has 5 heteroatoms. The zero-order chi connectivity index (χ0) is 17.3. The van der Waals surface area contributed by atoms with Crippen LogP contribution in [0, 0.1) is 0 Å². The van der Waals surface area contributed by atoms with Gasteiger partial charge < -0.3 is 15.1 Å². The maximum atomic E-state index is 5.67. The van der Waals surface area contributed by atoms with Crippen LogP contribution in [-0.4, -0.2) is 36.2 Å². The molecule has 3 rings (SSSR count). The van der Waals surface area contributed by atoms with Crippen LogP contribution in [-0.2, 0) is 6.42 Å². The van der Waals surface area contributed by atoms with Gasteiger partial charge in [0.25, 0.3) is 0 Å². The summed E-state index contributed by atoms with van der Waals surface area (Å²) in [6, 6.07) is 14.7. The highest BCUT2D eigenvalue weighted by atomic mass is 32.1. The fourth-order valence-electron chi connectivity index (χ4n) is 3.34. The summed E-state index contributed by atoms with van der Waals surface area (Å²) in [6.07, 6.45) is 6.57. The minimum atomic E-state index is 0.240. The first kappa shape index (κ1) is 18.0. The molecule has 0 radical (unpaired) electrons. The van der Waals surface area contributed by atoms with Gasteiger partial charge in [-0.15, -0.1) is 0 Å². The van der Waals surface area contributed by atoms with E-state index in [9.17, 15) is 0 Å². The molecule has 25 heavy (non-hydrogen) atoms. The summed E-state index contributed by atoms with van der Waals surface area (Å²) < 4.78 is 5.67. The second-order valence-corrected chi connectivity index (χ2v) is 6.91. The highest BCUT2D eigenvalue weighted by Crippen LogP contribution is 2.24. The molecule has 0 aliphatic carbocycles. The van der Waals surface area contributed by atoms with E-state index in [1.54, 1.807) is 6.26 Å². The Bertz CT molecular complexity index is 624. The molecular formula is C20H27N3OS. The molecule has 2 aromatic rings. The van der Waals surface area contributed by atoms with Crippen LogP contribution in [0.3, 0.4) is 0 Å². The third-order valence-corrected chi connectivity index (χ3v) is 4.99. The topological polar surface area (TPSA) is 40.4 Å². The Balaban J connectivity index is 1.46. The summed E-state index contributed by atoms with van der Waals surface area (Å²) in [5.41, 5.74) is 1.32. The monoisotopic (exact) mass is 357 g/mol. The Labute approximate surface area is 155 Å². The first-order chi connectivity index (χ1) is 12.3. The Morgan fingerprint density at radius 3 is 2.56 bits per heavy atom. The van der Waals surface area contributed by atoms with Crippen molar-refractivity contribution >= 4 is 17.3 Å². The van der Waals surface area contributed by atoms with Gasteiger partial charge in [-0.3, -0.25) is 4.90 Å². The summed E-state index contributed by atoms with van der Waals surface area (Å²) in [4.78, 5) is 2.50. The van der Waals surface area contributed by atoms with Crippen LogP contribution in [0.4, 0.5) is 0 Å². The Morgan fingerprint density at radius 1 is 1.04 bits per heavy atom. The lowest BCUT2D eigenvalue weighted by Crippen LogP contribution is -2.43. The molecule has 1 aromatic carbocycles. The highest BCUT2D eigenvalue weighted by Gasteiger charge is 2.24. The van der Waals surface area contributed by atoms with Crippen molar-refractivity contribution in [3.8, 4) is 0 Å². The minimum absolute atomic E-state index is 0.240. The van der Waals surface area contributed by atoms with Crippen LogP contribution in [0.1, 0.15) is 36.6 Å². The van der Waals surface area contributed by atoms with Crippen LogP contribution in [0.2, 0.25) is 0 Å². The Hall–Kier alpha value is -1.85. The first-order valence-corrected chi connectivity index (χ1v) is 9.57. The quantitative estimate of drug-likeness (QED) is 0.742. The van der Waals surface area contributed by atoms with Gasteiger partial charge in [0, 0.05) is 13.1 Å². The molecule has 2 N–H and O–H groups in total. The molecule has 1 aliphatic rings. The van der Waals surface area contributed by atoms with Gasteiger partial charge in [0.05, 0.1) is 12.3 Å². The predicted molar refractivity (Wildman–Crippen MR) is 106 cm³/mol. The number of rotatable bonds is 7. The standard InChI is InChI=1S/C20H27N3OS/c25-20(21-12-11-17-8-3-1-4-9-17)22-16-18(19-10-7-15-24-19)23-13-5-2-6-14-23/h1,3-4,7-10,15,18H,2,5-6,11-14,16H2,(H2,21,22,25)/t18-/m0/s1. The van der Waals surface area contributed by atoms with Gasteiger partial charge >= 0.3 is 0 Å². The number of likely N-dealkylation sites (tertiary alicyclic amines) is 1. The van der Waals surface area contributed by atoms with Crippen molar-refractivity contribution in [2.24, 2.45) is 0 Å². The molecule has 0 unspecified atom stereocenters. The number of nitrogens with zero attached hydrogens (tertiary/aromatic N) is 1. The van der Waals surface area contributed by atoms with E-state index in [0.29, 0.717) is 5.11 Å². The van der Waals surface area contributed by atoms with Gasteiger partial charge in [-0.05, 0) is 62.3 Å². The summed E-state index contributed by atoms with van der Waals surface area (Å²) >= 11 is 5.45. The molecule has 0 spiro atoms. The van der Waals surface area contributed by atoms with E-state index in [1.165, 1.54) is 24.8 Å². The lowest BCUT2D eigenvalue weighted by Gasteiger charge is -2.33. The van der Waals surface area contributed by atoms with Crippen molar-refractivity contribution in [3.05, 3.63) is 60.1 Å². The molecule has 0 bridgehead atoms. The summed E-state index contributed by atoms with van der Waals surface area (Å²) in [7, 11) is 0. The van der Waals surface area contributed by atoms with Crippen molar-refractivity contribution in [1.29, 1.82) is 0 Å². The summed E-state index contributed by atoms with van der Waals surface area (Å²) in [5.74, 6) is 1.02. The van der Waals surface area contributed by atoms with Gasteiger partial charge in [0.15, 0.2) is 5.11 Å². The average Bonchev–Trinajstić information content (AvgIpc) is 3.18. The van der Waals surface area contributed by atoms with Crippen LogP contribution in [0.25, 0.3) is 0 Å². The molecule has 0 amide bonds. The van der Waals surface area contributed by atoms with E-state index < -0.39 is 0 Å². The molecule has 2 heterocycles. The minimum Gasteiger partial charge on any atom is -0.468 e. The number of nitrogens with one attached hydrogen (secondary N) is 2. The normalized spacial score (nSPS) is 16.3. The lowest BCUT2D eigenvalue weighted by atomic mass is 10.1. The van der Waals surface area contributed by atoms with E-state index >= 15 is 0 Å². The molecular weight excluding hydrogens is 330 g/mol. The van der Waals surface area contributed by atoms with Crippen LogP contribution < -0.4 is 10.6 Å². The predicted octanol–water partition coefficient (Wildman–Crippen LogP) is 3.51. The van der Waals surface area contributed by atoms with Crippen LogP contribution in [0.5, 0.6) is 0 Å². The van der Waals surface area contributed by atoms with Gasteiger partial charge in [-0.1, -0.05) is 36.8 Å². The molecule has 1 aromatic heterocycles. The number of piperidine rings is 1. The molecule has 4 nitrogen and oxygen atoms in total. The largest absolute Gasteiger partial charge is 0.468 e.